The number of sulfonamides is 1. The first kappa shape index (κ1) is 14.3. The van der Waals surface area contributed by atoms with Gasteiger partial charge < -0.3 is 5.73 Å². The highest BCUT2D eigenvalue weighted by atomic mass is 32.2. The Hall–Kier alpha value is -1.07. The third-order valence-electron chi connectivity index (χ3n) is 3.90. The lowest BCUT2D eigenvalue weighted by Crippen LogP contribution is -2.39. The molecule has 1 heterocycles. The summed E-state index contributed by atoms with van der Waals surface area (Å²) >= 11 is 0. The molecule has 2 atom stereocenters. The van der Waals surface area contributed by atoms with Gasteiger partial charge in [-0.1, -0.05) is 13.0 Å². The zero-order valence-electron chi connectivity index (χ0n) is 11.8. The van der Waals surface area contributed by atoms with Crippen LogP contribution in [0.25, 0.3) is 0 Å². The van der Waals surface area contributed by atoms with Crippen molar-refractivity contribution < 1.29 is 8.42 Å². The Labute approximate surface area is 115 Å². The van der Waals surface area contributed by atoms with E-state index in [0.717, 1.165) is 24.8 Å². The van der Waals surface area contributed by atoms with Crippen LogP contribution in [-0.2, 0) is 10.0 Å². The second-order valence-corrected chi connectivity index (χ2v) is 7.18. The van der Waals surface area contributed by atoms with E-state index < -0.39 is 10.0 Å². The van der Waals surface area contributed by atoms with E-state index in [9.17, 15) is 8.42 Å². The molecule has 0 aromatic heterocycles. The lowest BCUT2D eigenvalue weighted by Gasteiger charge is -2.27. The van der Waals surface area contributed by atoms with Gasteiger partial charge >= 0.3 is 0 Å². The van der Waals surface area contributed by atoms with E-state index in [4.69, 9.17) is 5.73 Å². The summed E-state index contributed by atoms with van der Waals surface area (Å²) in [6, 6.07) is 5.29. The van der Waals surface area contributed by atoms with Crippen LogP contribution in [0.1, 0.15) is 38.7 Å². The number of anilines is 1. The second-order valence-electron chi connectivity index (χ2n) is 5.36. The largest absolute Gasteiger partial charge is 0.398 e. The number of aryl methyl sites for hydroxylation is 1. The Balaban J connectivity index is 2.47. The summed E-state index contributed by atoms with van der Waals surface area (Å²) in [6.07, 6.45) is 2.70. The van der Waals surface area contributed by atoms with Gasteiger partial charge in [-0.15, -0.1) is 0 Å². The maximum atomic E-state index is 12.8. The van der Waals surface area contributed by atoms with Gasteiger partial charge in [0.1, 0.15) is 4.90 Å². The summed E-state index contributed by atoms with van der Waals surface area (Å²) in [4.78, 5) is 0.241. The molecule has 0 bridgehead atoms. The monoisotopic (exact) mass is 282 g/mol. The summed E-state index contributed by atoms with van der Waals surface area (Å²) < 4.78 is 27.2. The Bertz CT molecular complexity index is 569. The van der Waals surface area contributed by atoms with Crippen LogP contribution in [-0.4, -0.2) is 24.8 Å². The average molecular weight is 282 g/mol. The molecule has 106 valence electrons. The fraction of sp³-hybridized carbons (Fsp3) is 0.571. The molecule has 4 nitrogen and oxygen atoms in total. The third kappa shape index (κ3) is 2.49. The quantitative estimate of drug-likeness (QED) is 0.866. The molecule has 1 saturated heterocycles. The topological polar surface area (TPSA) is 63.4 Å². The van der Waals surface area contributed by atoms with Crippen molar-refractivity contribution in [3.8, 4) is 0 Å². The molecule has 19 heavy (non-hydrogen) atoms. The molecule has 0 aliphatic carbocycles. The molecule has 0 amide bonds. The van der Waals surface area contributed by atoms with Crippen molar-refractivity contribution in [3.63, 3.8) is 0 Å². The summed E-state index contributed by atoms with van der Waals surface area (Å²) in [5.41, 5.74) is 7.21. The number of rotatable bonds is 3. The van der Waals surface area contributed by atoms with Crippen molar-refractivity contribution in [2.24, 2.45) is 0 Å². The molecule has 2 N–H and O–H groups in total. The third-order valence-corrected chi connectivity index (χ3v) is 6.04. The summed E-state index contributed by atoms with van der Waals surface area (Å²) in [6.45, 7) is 5.90. The molecule has 2 rings (SSSR count). The van der Waals surface area contributed by atoms with E-state index in [1.54, 1.807) is 22.5 Å². The van der Waals surface area contributed by atoms with Gasteiger partial charge in [-0.25, -0.2) is 8.42 Å². The molecule has 5 heteroatoms. The van der Waals surface area contributed by atoms with Gasteiger partial charge in [0.05, 0.1) is 5.69 Å². The van der Waals surface area contributed by atoms with Gasteiger partial charge in [0.2, 0.25) is 10.0 Å². The molecule has 1 aliphatic heterocycles. The Morgan fingerprint density at radius 3 is 2.63 bits per heavy atom. The molecule has 0 radical (unpaired) electrons. The van der Waals surface area contributed by atoms with E-state index in [2.05, 4.69) is 0 Å². The molecule has 0 spiro atoms. The van der Waals surface area contributed by atoms with Crippen molar-refractivity contribution in [2.45, 2.75) is 57.0 Å². The van der Waals surface area contributed by atoms with E-state index in [1.165, 1.54) is 0 Å². The number of nitrogens with zero attached hydrogens (tertiary/aromatic N) is 1. The van der Waals surface area contributed by atoms with Crippen molar-refractivity contribution in [1.82, 2.24) is 4.31 Å². The zero-order valence-corrected chi connectivity index (χ0v) is 12.6. The molecular formula is C14H22N2O2S. The summed E-state index contributed by atoms with van der Waals surface area (Å²) in [7, 11) is -3.49. The molecule has 1 aliphatic rings. The summed E-state index contributed by atoms with van der Waals surface area (Å²) in [5.74, 6) is 0. The first-order valence-electron chi connectivity index (χ1n) is 6.77. The predicted octanol–water partition coefficient (Wildman–Crippen LogP) is 2.53. The normalized spacial score (nSPS) is 24.8. The fourth-order valence-electron chi connectivity index (χ4n) is 2.88. The minimum absolute atomic E-state index is 0.0515. The number of nitrogen functional groups attached to an aromatic ring is 1. The lowest BCUT2D eigenvalue weighted by atomic mass is 10.2. The van der Waals surface area contributed by atoms with E-state index in [1.807, 2.05) is 20.8 Å². The van der Waals surface area contributed by atoms with Crippen molar-refractivity contribution in [1.29, 1.82) is 0 Å². The molecule has 2 unspecified atom stereocenters. The van der Waals surface area contributed by atoms with Crippen LogP contribution < -0.4 is 5.73 Å². The van der Waals surface area contributed by atoms with Gasteiger partial charge in [0.25, 0.3) is 0 Å². The molecular weight excluding hydrogens is 260 g/mol. The lowest BCUT2D eigenvalue weighted by molar-refractivity contribution is 0.329. The maximum absolute atomic E-state index is 12.8. The number of benzene rings is 1. The minimum Gasteiger partial charge on any atom is -0.398 e. The van der Waals surface area contributed by atoms with Crippen molar-refractivity contribution in [3.05, 3.63) is 23.8 Å². The van der Waals surface area contributed by atoms with E-state index >= 15 is 0 Å². The van der Waals surface area contributed by atoms with Gasteiger partial charge in [0.15, 0.2) is 0 Å². The van der Waals surface area contributed by atoms with Crippen LogP contribution >= 0.6 is 0 Å². The standard InChI is InChI=1S/C14H22N2O2S/c1-4-12-7-6-11(3)16(12)19(17,18)14-8-5-10(2)9-13(14)15/h5,8-9,11-12H,4,6-7,15H2,1-3H3. The summed E-state index contributed by atoms with van der Waals surface area (Å²) in [5, 5.41) is 0. The van der Waals surface area contributed by atoms with Crippen molar-refractivity contribution >= 4 is 15.7 Å². The van der Waals surface area contributed by atoms with Crippen LogP contribution in [0.3, 0.4) is 0 Å². The highest BCUT2D eigenvalue weighted by Gasteiger charge is 2.39. The fourth-order valence-corrected chi connectivity index (χ4v) is 4.93. The number of hydrogen-bond donors (Lipinski definition) is 1. The van der Waals surface area contributed by atoms with Crippen LogP contribution in [0.2, 0.25) is 0 Å². The van der Waals surface area contributed by atoms with Gasteiger partial charge in [0, 0.05) is 12.1 Å². The minimum atomic E-state index is -3.49. The van der Waals surface area contributed by atoms with Crippen molar-refractivity contribution in [2.75, 3.05) is 5.73 Å². The first-order chi connectivity index (χ1) is 8.87. The van der Waals surface area contributed by atoms with Gasteiger partial charge in [-0.3, -0.25) is 0 Å². The zero-order chi connectivity index (χ0) is 14.2. The number of nitrogens with two attached hydrogens (primary N) is 1. The van der Waals surface area contributed by atoms with E-state index in [-0.39, 0.29) is 17.0 Å². The first-order valence-corrected chi connectivity index (χ1v) is 8.21. The molecule has 0 saturated carbocycles. The predicted molar refractivity (Wildman–Crippen MR) is 77.4 cm³/mol. The maximum Gasteiger partial charge on any atom is 0.245 e. The Morgan fingerprint density at radius 1 is 1.37 bits per heavy atom. The van der Waals surface area contributed by atoms with Crippen LogP contribution in [0.4, 0.5) is 5.69 Å². The van der Waals surface area contributed by atoms with Crippen LogP contribution in [0, 0.1) is 6.92 Å². The van der Waals surface area contributed by atoms with Crippen LogP contribution in [0.15, 0.2) is 23.1 Å². The molecule has 1 aromatic carbocycles. The Morgan fingerprint density at radius 2 is 2.05 bits per heavy atom. The second kappa shape index (κ2) is 5.13. The highest BCUT2D eigenvalue weighted by Crippen LogP contribution is 2.34. The SMILES string of the molecule is CCC1CCC(C)N1S(=O)(=O)c1ccc(C)cc1N. The Kier molecular flexibility index (Phi) is 3.87. The van der Waals surface area contributed by atoms with Crippen LogP contribution in [0.5, 0.6) is 0 Å². The smallest absolute Gasteiger partial charge is 0.245 e. The molecule has 1 fully saturated rings. The highest BCUT2D eigenvalue weighted by molar-refractivity contribution is 7.89. The molecule has 1 aromatic rings. The average Bonchev–Trinajstić information content (AvgIpc) is 2.70. The van der Waals surface area contributed by atoms with E-state index in [0.29, 0.717) is 5.69 Å². The van der Waals surface area contributed by atoms with Gasteiger partial charge in [-0.2, -0.15) is 4.31 Å². The van der Waals surface area contributed by atoms with Gasteiger partial charge in [-0.05, 0) is 50.8 Å². The number of hydrogen-bond acceptors (Lipinski definition) is 3.